The number of hydroxylamine groups is 1. The molecule has 2 aliphatic heterocycles. The Morgan fingerprint density at radius 1 is 0.782 bits per heavy atom. The highest BCUT2D eigenvalue weighted by Crippen LogP contribution is 2.32. The van der Waals surface area contributed by atoms with E-state index in [2.05, 4.69) is 21.3 Å². The molecule has 1 unspecified atom stereocenters. The minimum atomic E-state index is -1.01. The van der Waals surface area contributed by atoms with Crippen molar-refractivity contribution >= 4 is 47.0 Å². The number of amides is 7. The maximum Gasteiger partial charge on any atom is 0.274 e. The Bertz CT molecular complexity index is 1900. The molecule has 55 heavy (non-hydrogen) atoms. The number of nitrogens with zero attached hydrogens (tertiary/aromatic N) is 1. The molecule has 6 N–H and O–H groups in total. The fourth-order valence-electron chi connectivity index (χ4n) is 6.42. The molecule has 0 saturated carbocycles. The van der Waals surface area contributed by atoms with E-state index in [4.69, 9.17) is 9.94 Å². The van der Waals surface area contributed by atoms with E-state index in [1.54, 1.807) is 35.8 Å². The van der Waals surface area contributed by atoms with Crippen molar-refractivity contribution in [2.24, 2.45) is 0 Å². The lowest BCUT2D eigenvalue weighted by Crippen LogP contribution is -2.54. The van der Waals surface area contributed by atoms with Gasteiger partial charge in [-0.25, -0.2) is 5.48 Å². The number of anilines is 1. The SMILES string of the molecule is O=C(CCCCCOc1ccc(CCNC(=O)c2cccc(C(=O)NO)c2)cc1)NCCCCCNc1cccc2c1C(=O)N(C1CCC(=O)NC1=O)C2=O. The monoisotopic (exact) mass is 754 g/mol. The van der Waals surface area contributed by atoms with Gasteiger partial charge < -0.3 is 20.7 Å². The third-order valence-corrected chi connectivity index (χ3v) is 9.39. The summed E-state index contributed by atoms with van der Waals surface area (Å²) in [5, 5.41) is 20.0. The Hall–Kier alpha value is -6.09. The molecule has 1 atom stereocenters. The second-order valence-electron chi connectivity index (χ2n) is 13.3. The van der Waals surface area contributed by atoms with Gasteiger partial charge in [-0.3, -0.25) is 49.0 Å². The third kappa shape index (κ3) is 11.0. The summed E-state index contributed by atoms with van der Waals surface area (Å²) in [6.07, 6.45) is 6.07. The second-order valence-corrected chi connectivity index (χ2v) is 13.3. The molecule has 15 heteroatoms. The van der Waals surface area contributed by atoms with Crippen LogP contribution in [0, 0.1) is 0 Å². The number of nitrogens with one attached hydrogen (secondary N) is 5. The lowest BCUT2D eigenvalue weighted by atomic mass is 10.0. The van der Waals surface area contributed by atoms with Gasteiger partial charge in [0.2, 0.25) is 17.7 Å². The zero-order valence-corrected chi connectivity index (χ0v) is 30.5. The van der Waals surface area contributed by atoms with E-state index in [0.717, 1.165) is 54.7 Å². The normalized spacial score (nSPS) is 14.9. The summed E-state index contributed by atoms with van der Waals surface area (Å²) in [4.78, 5) is 87.3. The third-order valence-electron chi connectivity index (χ3n) is 9.39. The Kier molecular flexibility index (Phi) is 14.5. The fourth-order valence-corrected chi connectivity index (χ4v) is 6.42. The molecule has 1 saturated heterocycles. The number of unbranched alkanes of at least 4 members (excludes halogenated alkanes) is 4. The predicted molar refractivity (Wildman–Crippen MR) is 201 cm³/mol. The number of fused-ring (bicyclic) bond motifs is 1. The van der Waals surface area contributed by atoms with Gasteiger partial charge in [0, 0.05) is 49.3 Å². The number of rotatable bonds is 20. The molecule has 5 rings (SSSR count). The van der Waals surface area contributed by atoms with Gasteiger partial charge in [-0.2, -0.15) is 0 Å². The summed E-state index contributed by atoms with van der Waals surface area (Å²) < 4.78 is 5.83. The van der Waals surface area contributed by atoms with E-state index in [-0.39, 0.29) is 41.3 Å². The van der Waals surface area contributed by atoms with Gasteiger partial charge in [0.15, 0.2) is 0 Å². The number of carbonyl (C=O) groups is 7. The molecular formula is C40H46N6O9. The van der Waals surface area contributed by atoms with Crippen LogP contribution in [0.15, 0.2) is 66.7 Å². The summed E-state index contributed by atoms with van der Waals surface area (Å²) in [6, 6.07) is 17.7. The maximum atomic E-state index is 13.2. The standard InChI is InChI=1S/C40H46N6O9/c47-33(13-3-1-6-24-55-29-16-14-26(15-17-29)20-23-43-36(49)27-9-7-10-28(25-27)37(50)45-54)42-22-5-2-4-21-41-31-12-8-11-30-35(31)40(53)46(39(30)52)32-18-19-34(48)44-38(32)51/h7-12,14-17,25,32,41,54H,1-6,13,18-24H2,(H,42,47)(H,43,49)(H,45,50)(H,44,48,51). The van der Waals surface area contributed by atoms with E-state index < -0.39 is 35.6 Å². The van der Waals surface area contributed by atoms with E-state index in [1.807, 2.05) is 24.3 Å². The summed E-state index contributed by atoms with van der Waals surface area (Å²) in [5.41, 5.74) is 4.08. The zero-order valence-electron chi connectivity index (χ0n) is 30.5. The summed E-state index contributed by atoms with van der Waals surface area (Å²) >= 11 is 0. The summed E-state index contributed by atoms with van der Waals surface area (Å²) in [5.74, 6) is -2.39. The first kappa shape index (κ1) is 40.1. The van der Waals surface area contributed by atoms with Crippen LogP contribution in [0.3, 0.4) is 0 Å². The molecular weight excluding hydrogens is 708 g/mol. The maximum absolute atomic E-state index is 13.2. The van der Waals surface area contributed by atoms with Gasteiger partial charge in [-0.05, 0) is 99.4 Å². The number of carbonyl (C=O) groups excluding carboxylic acids is 7. The lowest BCUT2D eigenvalue weighted by Gasteiger charge is -2.27. The molecule has 2 heterocycles. The predicted octanol–water partition coefficient (Wildman–Crippen LogP) is 3.52. The molecule has 2 aliphatic rings. The second kappa shape index (κ2) is 19.8. The first-order valence-electron chi connectivity index (χ1n) is 18.6. The molecule has 3 aromatic rings. The number of hydrogen-bond acceptors (Lipinski definition) is 10. The molecule has 0 bridgehead atoms. The molecule has 290 valence electrons. The summed E-state index contributed by atoms with van der Waals surface area (Å²) in [6.45, 7) is 2.07. The van der Waals surface area contributed by atoms with Crippen molar-refractivity contribution in [3.05, 3.63) is 94.5 Å². The van der Waals surface area contributed by atoms with Gasteiger partial charge in [0.25, 0.3) is 23.6 Å². The molecule has 0 aromatic heterocycles. The van der Waals surface area contributed by atoms with Gasteiger partial charge in [-0.15, -0.1) is 0 Å². The molecule has 0 spiro atoms. The largest absolute Gasteiger partial charge is 0.494 e. The average molecular weight is 755 g/mol. The topological polar surface area (TPSA) is 212 Å². The minimum absolute atomic E-state index is 0.0111. The smallest absolute Gasteiger partial charge is 0.274 e. The van der Waals surface area contributed by atoms with Crippen molar-refractivity contribution in [3.63, 3.8) is 0 Å². The number of imide groups is 2. The van der Waals surface area contributed by atoms with Crippen LogP contribution in [0.25, 0.3) is 0 Å². The average Bonchev–Trinajstić information content (AvgIpc) is 3.45. The highest BCUT2D eigenvalue weighted by Gasteiger charge is 2.45. The Labute approximate surface area is 318 Å². The van der Waals surface area contributed by atoms with Crippen molar-refractivity contribution in [2.75, 3.05) is 31.6 Å². The van der Waals surface area contributed by atoms with E-state index >= 15 is 0 Å². The van der Waals surface area contributed by atoms with Crippen LogP contribution in [0.4, 0.5) is 5.69 Å². The van der Waals surface area contributed by atoms with Crippen molar-refractivity contribution in [1.82, 2.24) is 26.3 Å². The highest BCUT2D eigenvalue weighted by molar-refractivity contribution is 6.25. The van der Waals surface area contributed by atoms with Crippen LogP contribution < -0.4 is 31.5 Å². The highest BCUT2D eigenvalue weighted by atomic mass is 16.5. The number of hydrogen-bond donors (Lipinski definition) is 6. The first-order chi connectivity index (χ1) is 26.7. The van der Waals surface area contributed by atoms with Gasteiger partial charge in [0.1, 0.15) is 11.8 Å². The van der Waals surface area contributed by atoms with Crippen LogP contribution in [0.2, 0.25) is 0 Å². The Morgan fingerprint density at radius 3 is 2.27 bits per heavy atom. The Balaban J connectivity index is 0.879. The van der Waals surface area contributed by atoms with Gasteiger partial charge >= 0.3 is 0 Å². The molecule has 1 fully saturated rings. The van der Waals surface area contributed by atoms with Gasteiger partial charge in [0.05, 0.1) is 17.7 Å². The molecule has 0 aliphatic carbocycles. The van der Waals surface area contributed by atoms with Crippen LogP contribution in [0.5, 0.6) is 5.75 Å². The quantitative estimate of drug-likeness (QED) is 0.0428. The van der Waals surface area contributed by atoms with E-state index in [9.17, 15) is 33.6 Å². The van der Waals surface area contributed by atoms with Gasteiger partial charge in [-0.1, -0.05) is 24.3 Å². The molecule has 15 nitrogen and oxygen atoms in total. The molecule has 7 amide bonds. The first-order valence-corrected chi connectivity index (χ1v) is 18.6. The van der Waals surface area contributed by atoms with Crippen LogP contribution >= 0.6 is 0 Å². The van der Waals surface area contributed by atoms with Crippen molar-refractivity contribution < 1.29 is 43.5 Å². The Morgan fingerprint density at radius 2 is 1.51 bits per heavy atom. The molecule has 3 aromatic carbocycles. The van der Waals surface area contributed by atoms with Crippen molar-refractivity contribution in [1.29, 1.82) is 0 Å². The zero-order chi connectivity index (χ0) is 39.2. The number of benzene rings is 3. The van der Waals surface area contributed by atoms with Crippen molar-refractivity contribution in [3.8, 4) is 5.75 Å². The van der Waals surface area contributed by atoms with Crippen LogP contribution in [0.1, 0.15) is 105 Å². The van der Waals surface area contributed by atoms with Crippen molar-refractivity contribution in [2.45, 2.75) is 70.3 Å². The minimum Gasteiger partial charge on any atom is -0.494 e. The fraction of sp³-hybridized carbons (Fsp3) is 0.375. The lowest BCUT2D eigenvalue weighted by molar-refractivity contribution is -0.136. The van der Waals surface area contributed by atoms with E-state index in [0.29, 0.717) is 50.3 Å². The van der Waals surface area contributed by atoms with Crippen LogP contribution in [-0.2, 0) is 20.8 Å². The number of piperidine rings is 1. The summed E-state index contributed by atoms with van der Waals surface area (Å²) in [7, 11) is 0. The van der Waals surface area contributed by atoms with Crippen LogP contribution in [-0.4, -0.2) is 83.7 Å². The van der Waals surface area contributed by atoms with E-state index in [1.165, 1.54) is 12.1 Å². The molecule has 0 radical (unpaired) electrons. The number of ether oxygens (including phenoxy) is 1.